The fourth-order valence-electron chi connectivity index (χ4n) is 1.96. The topological polar surface area (TPSA) is 29.1 Å². The monoisotopic (exact) mass is 241 g/mol. The van der Waals surface area contributed by atoms with E-state index in [1.807, 2.05) is 25.1 Å². The molecule has 0 heterocycles. The van der Waals surface area contributed by atoms with E-state index in [-0.39, 0.29) is 11.9 Å². The maximum atomic E-state index is 11.8. The lowest BCUT2D eigenvalue weighted by Crippen LogP contribution is -2.33. The smallest absolute Gasteiger partial charge is 0.224 e. The van der Waals surface area contributed by atoms with Crippen LogP contribution >= 0.6 is 0 Å². The molecule has 0 saturated heterocycles. The lowest BCUT2D eigenvalue weighted by atomic mass is 10.0. The van der Waals surface area contributed by atoms with Gasteiger partial charge in [0, 0.05) is 6.04 Å². The highest BCUT2D eigenvalue weighted by atomic mass is 16.1. The summed E-state index contributed by atoms with van der Waals surface area (Å²) in [6.07, 6.45) is 1.42. The summed E-state index contributed by atoms with van der Waals surface area (Å²) in [5.41, 5.74) is 1.06. The second kappa shape index (κ2) is 5.67. The van der Waals surface area contributed by atoms with E-state index in [2.05, 4.69) is 36.5 Å². The lowest BCUT2D eigenvalue weighted by molar-refractivity contribution is -0.121. The van der Waals surface area contributed by atoms with Gasteiger partial charge in [-0.05, 0) is 29.7 Å². The molecule has 1 amide bonds. The summed E-state index contributed by atoms with van der Waals surface area (Å²) < 4.78 is 0. The Morgan fingerprint density at radius 2 is 1.89 bits per heavy atom. The van der Waals surface area contributed by atoms with E-state index in [1.165, 1.54) is 10.8 Å². The number of nitrogens with one attached hydrogen (secondary N) is 1. The molecule has 2 nitrogen and oxygen atoms in total. The van der Waals surface area contributed by atoms with Crippen LogP contribution in [0.3, 0.4) is 0 Å². The number of benzene rings is 2. The first-order valence-electron chi connectivity index (χ1n) is 6.46. The molecule has 0 aliphatic carbocycles. The first-order valence-corrected chi connectivity index (χ1v) is 6.46. The van der Waals surface area contributed by atoms with E-state index in [4.69, 9.17) is 0 Å². The largest absolute Gasteiger partial charge is 0.353 e. The average molecular weight is 241 g/mol. The second-order valence-electron chi connectivity index (χ2n) is 4.74. The summed E-state index contributed by atoms with van der Waals surface area (Å²) >= 11 is 0. The number of fused-ring (bicyclic) bond motifs is 1. The Labute approximate surface area is 108 Å². The normalized spacial score (nSPS) is 12.3. The lowest BCUT2D eigenvalue weighted by Gasteiger charge is -2.11. The summed E-state index contributed by atoms with van der Waals surface area (Å²) in [6.45, 7) is 4.10. The third-order valence-electron chi connectivity index (χ3n) is 3.20. The van der Waals surface area contributed by atoms with Crippen LogP contribution in [-0.4, -0.2) is 11.9 Å². The highest BCUT2D eigenvalue weighted by Gasteiger charge is 2.06. The van der Waals surface area contributed by atoms with Gasteiger partial charge in [-0.3, -0.25) is 4.79 Å². The van der Waals surface area contributed by atoms with Gasteiger partial charge < -0.3 is 5.32 Å². The van der Waals surface area contributed by atoms with Gasteiger partial charge in [0.1, 0.15) is 0 Å². The molecule has 2 aromatic carbocycles. The van der Waals surface area contributed by atoms with Crippen molar-refractivity contribution in [3.05, 3.63) is 48.0 Å². The van der Waals surface area contributed by atoms with Crippen LogP contribution in [0, 0.1) is 0 Å². The van der Waals surface area contributed by atoms with Crippen molar-refractivity contribution in [1.82, 2.24) is 5.32 Å². The fraction of sp³-hybridized carbons (Fsp3) is 0.312. The van der Waals surface area contributed by atoms with E-state index < -0.39 is 0 Å². The van der Waals surface area contributed by atoms with Gasteiger partial charge in [0.05, 0.1) is 6.42 Å². The Morgan fingerprint density at radius 3 is 2.61 bits per heavy atom. The molecule has 2 heteroatoms. The molecule has 94 valence electrons. The number of hydrogen-bond acceptors (Lipinski definition) is 1. The van der Waals surface area contributed by atoms with Gasteiger partial charge in [-0.15, -0.1) is 0 Å². The molecular weight excluding hydrogens is 222 g/mol. The predicted molar refractivity (Wildman–Crippen MR) is 75.5 cm³/mol. The van der Waals surface area contributed by atoms with E-state index >= 15 is 0 Å². The molecule has 0 spiro atoms. The van der Waals surface area contributed by atoms with Crippen LogP contribution in [-0.2, 0) is 11.2 Å². The molecular formula is C16H19NO. The van der Waals surface area contributed by atoms with E-state index in [0.29, 0.717) is 6.42 Å². The molecule has 0 aromatic heterocycles. The standard InChI is InChI=1S/C16H19NO/c1-3-12(2)17-16(18)11-13-8-9-14-6-4-5-7-15(14)10-13/h4-10,12H,3,11H2,1-2H3,(H,17,18). The summed E-state index contributed by atoms with van der Waals surface area (Å²) in [5.74, 6) is 0.0969. The van der Waals surface area contributed by atoms with Crippen LogP contribution in [0.5, 0.6) is 0 Å². The Bertz CT molecular complexity index is 548. The molecule has 0 aliphatic heterocycles. The van der Waals surface area contributed by atoms with Gasteiger partial charge in [-0.1, -0.05) is 49.4 Å². The number of hydrogen-bond donors (Lipinski definition) is 1. The predicted octanol–water partition coefficient (Wildman–Crippen LogP) is 3.30. The third-order valence-corrected chi connectivity index (χ3v) is 3.20. The molecule has 0 aliphatic rings. The van der Waals surface area contributed by atoms with E-state index in [9.17, 15) is 4.79 Å². The van der Waals surface area contributed by atoms with Crippen LogP contribution < -0.4 is 5.32 Å². The molecule has 0 fully saturated rings. The zero-order valence-electron chi connectivity index (χ0n) is 10.9. The van der Waals surface area contributed by atoms with E-state index in [1.54, 1.807) is 0 Å². The molecule has 2 aromatic rings. The quantitative estimate of drug-likeness (QED) is 0.874. The number of amides is 1. The molecule has 1 N–H and O–H groups in total. The Balaban J connectivity index is 2.10. The third kappa shape index (κ3) is 3.10. The number of rotatable bonds is 4. The van der Waals surface area contributed by atoms with Crippen LogP contribution in [0.1, 0.15) is 25.8 Å². The SMILES string of the molecule is CCC(C)NC(=O)Cc1ccc2ccccc2c1. The van der Waals surface area contributed by atoms with Crippen molar-refractivity contribution in [2.24, 2.45) is 0 Å². The fourth-order valence-corrected chi connectivity index (χ4v) is 1.96. The second-order valence-corrected chi connectivity index (χ2v) is 4.74. The Hall–Kier alpha value is -1.83. The highest BCUT2D eigenvalue weighted by molar-refractivity contribution is 5.85. The van der Waals surface area contributed by atoms with Crippen molar-refractivity contribution in [2.45, 2.75) is 32.7 Å². The first kappa shape index (κ1) is 12.6. The van der Waals surface area contributed by atoms with Gasteiger partial charge >= 0.3 is 0 Å². The Kier molecular flexibility index (Phi) is 3.98. The molecule has 0 bridgehead atoms. The van der Waals surface area contributed by atoms with Crippen molar-refractivity contribution < 1.29 is 4.79 Å². The van der Waals surface area contributed by atoms with Crippen molar-refractivity contribution in [3.8, 4) is 0 Å². The molecule has 0 saturated carbocycles. The van der Waals surface area contributed by atoms with Crippen LogP contribution in [0.4, 0.5) is 0 Å². The summed E-state index contributed by atoms with van der Waals surface area (Å²) in [5, 5.41) is 5.39. The van der Waals surface area contributed by atoms with Crippen LogP contribution in [0.15, 0.2) is 42.5 Å². The molecule has 0 radical (unpaired) electrons. The van der Waals surface area contributed by atoms with E-state index in [0.717, 1.165) is 12.0 Å². The summed E-state index contributed by atoms with van der Waals surface area (Å²) in [7, 11) is 0. The van der Waals surface area contributed by atoms with Crippen LogP contribution in [0.25, 0.3) is 10.8 Å². The zero-order valence-corrected chi connectivity index (χ0v) is 10.9. The maximum Gasteiger partial charge on any atom is 0.224 e. The van der Waals surface area contributed by atoms with Gasteiger partial charge in [0.15, 0.2) is 0 Å². The van der Waals surface area contributed by atoms with Gasteiger partial charge in [0.2, 0.25) is 5.91 Å². The molecule has 1 atom stereocenters. The van der Waals surface area contributed by atoms with Gasteiger partial charge in [-0.25, -0.2) is 0 Å². The van der Waals surface area contributed by atoms with Gasteiger partial charge in [-0.2, -0.15) is 0 Å². The Morgan fingerprint density at radius 1 is 1.17 bits per heavy atom. The average Bonchev–Trinajstić information content (AvgIpc) is 2.38. The maximum absolute atomic E-state index is 11.8. The molecule has 2 rings (SSSR count). The zero-order chi connectivity index (χ0) is 13.0. The number of carbonyl (C=O) groups excluding carboxylic acids is 1. The first-order chi connectivity index (χ1) is 8.69. The minimum Gasteiger partial charge on any atom is -0.353 e. The van der Waals surface area contributed by atoms with Crippen molar-refractivity contribution in [2.75, 3.05) is 0 Å². The van der Waals surface area contributed by atoms with Crippen molar-refractivity contribution in [1.29, 1.82) is 0 Å². The minimum atomic E-state index is 0.0969. The minimum absolute atomic E-state index is 0.0969. The van der Waals surface area contributed by atoms with Crippen LogP contribution in [0.2, 0.25) is 0 Å². The van der Waals surface area contributed by atoms with Gasteiger partial charge in [0.25, 0.3) is 0 Å². The van der Waals surface area contributed by atoms with Crippen molar-refractivity contribution >= 4 is 16.7 Å². The molecule has 18 heavy (non-hydrogen) atoms. The number of carbonyl (C=O) groups is 1. The van der Waals surface area contributed by atoms with Crippen molar-refractivity contribution in [3.63, 3.8) is 0 Å². The summed E-state index contributed by atoms with van der Waals surface area (Å²) in [4.78, 5) is 11.8. The highest BCUT2D eigenvalue weighted by Crippen LogP contribution is 2.15. The summed E-state index contributed by atoms with van der Waals surface area (Å²) in [6, 6.07) is 14.6. The molecule has 1 unspecified atom stereocenters.